The Morgan fingerprint density at radius 2 is 1.83 bits per heavy atom. The van der Waals surface area contributed by atoms with Crippen molar-refractivity contribution >= 4 is 21.6 Å². The molecule has 6 heteroatoms. The zero-order valence-electron chi connectivity index (χ0n) is 12.5. The summed E-state index contributed by atoms with van der Waals surface area (Å²) in [5, 5.41) is 0.907. The molecule has 0 unspecified atom stereocenters. The SMILES string of the molecule is NCCC#Cc1ccc2c(-c3ccc(C(F)(F)F)cc3)nsc2c1. The number of fused-ring (bicyclic) bond motifs is 1. The zero-order valence-corrected chi connectivity index (χ0v) is 13.3. The summed E-state index contributed by atoms with van der Waals surface area (Å²) in [4.78, 5) is 0. The van der Waals surface area contributed by atoms with Crippen LogP contribution in [-0.4, -0.2) is 10.9 Å². The molecule has 0 bridgehead atoms. The fourth-order valence-electron chi connectivity index (χ4n) is 2.28. The van der Waals surface area contributed by atoms with Gasteiger partial charge in [-0.05, 0) is 35.8 Å². The van der Waals surface area contributed by atoms with Crippen LogP contribution >= 0.6 is 11.5 Å². The van der Waals surface area contributed by atoms with E-state index in [-0.39, 0.29) is 0 Å². The van der Waals surface area contributed by atoms with Crippen LogP contribution in [0.3, 0.4) is 0 Å². The van der Waals surface area contributed by atoms with E-state index in [0.29, 0.717) is 24.2 Å². The third-order valence-electron chi connectivity index (χ3n) is 3.46. The Morgan fingerprint density at radius 1 is 1.08 bits per heavy atom. The average molecular weight is 346 g/mol. The van der Waals surface area contributed by atoms with Crippen molar-refractivity contribution in [3.8, 4) is 23.1 Å². The van der Waals surface area contributed by atoms with Gasteiger partial charge in [0, 0.05) is 29.5 Å². The van der Waals surface area contributed by atoms with E-state index < -0.39 is 11.7 Å². The minimum Gasteiger partial charge on any atom is -0.330 e. The number of halogens is 3. The molecule has 2 aromatic carbocycles. The van der Waals surface area contributed by atoms with Gasteiger partial charge in [0.25, 0.3) is 0 Å². The summed E-state index contributed by atoms with van der Waals surface area (Å²) in [6.45, 7) is 0.522. The molecule has 24 heavy (non-hydrogen) atoms. The minimum atomic E-state index is -4.33. The van der Waals surface area contributed by atoms with Gasteiger partial charge in [-0.2, -0.15) is 17.5 Å². The molecule has 0 saturated heterocycles. The number of benzene rings is 2. The number of rotatable bonds is 2. The van der Waals surface area contributed by atoms with E-state index in [4.69, 9.17) is 5.73 Å². The zero-order chi connectivity index (χ0) is 17.2. The molecule has 0 atom stereocenters. The third-order valence-corrected chi connectivity index (χ3v) is 4.27. The van der Waals surface area contributed by atoms with E-state index in [9.17, 15) is 13.2 Å². The molecule has 0 aliphatic heterocycles. The summed E-state index contributed by atoms with van der Waals surface area (Å²) in [5.41, 5.74) is 6.97. The predicted octanol–water partition coefficient (Wildman–Crippen LogP) is 4.68. The van der Waals surface area contributed by atoms with Gasteiger partial charge in [-0.15, -0.1) is 0 Å². The summed E-state index contributed by atoms with van der Waals surface area (Å²) in [6, 6.07) is 10.8. The topological polar surface area (TPSA) is 38.9 Å². The van der Waals surface area contributed by atoms with Gasteiger partial charge in [-0.3, -0.25) is 0 Å². The molecule has 1 heterocycles. The Kier molecular flexibility index (Phi) is 4.56. The van der Waals surface area contributed by atoms with Crippen LogP contribution in [0.4, 0.5) is 13.2 Å². The lowest BCUT2D eigenvalue weighted by atomic mass is 10.0. The number of hydrogen-bond donors (Lipinski definition) is 1. The Balaban J connectivity index is 1.95. The summed E-state index contributed by atoms with van der Waals surface area (Å²) < 4.78 is 43.3. The molecule has 0 fully saturated rings. The molecule has 3 aromatic rings. The highest BCUT2D eigenvalue weighted by Crippen LogP contribution is 2.34. The van der Waals surface area contributed by atoms with Crippen molar-refractivity contribution in [1.82, 2.24) is 4.37 Å². The maximum Gasteiger partial charge on any atom is 0.416 e. The van der Waals surface area contributed by atoms with Crippen LogP contribution in [0.1, 0.15) is 17.5 Å². The molecule has 0 amide bonds. The molecule has 0 saturated carbocycles. The number of hydrogen-bond acceptors (Lipinski definition) is 3. The van der Waals surface area contributed by atoms with Crippen molar-refractivity contribution in [3.05, 3.63) is 53.6 Å². The molecule has 0 radical (unpaired) electrons. The standard InChI is InChI=1S/C18H13F3N2S/c19-18(20,21)14-7-5-13(6-8-14)17-15-9-4-12(3-1-2-10-22)11-16(15)24-23-17/h4-9,11H,2,10,22H2. The lowest BCUT2D eigenvalue weighted by Crippen LogP contribution is -2.03. The predicted molar refractivity (Wildman–Crippen MR) is 90.6 cm³/mol. The van der Waals surface area contributed by atoms with Crippen molar-refractivity contribution in [1.29, 1.82) is 0 Å². The van der Waals surface area contributed by atoms with E-state index >= 15 is 0 Å². The second-order valence-electron chi connectivity index (χ2n) is 5.16. The lowest BCUT2D eigenvalue weighted by Gasteiger charge is -2.06. The Hall–Kier alpha value is -2.36. The first-order chi connectivity index (χ1) is 11.5. The van der Waals surface area contributed by atoms with Gasteiger partial charge < -0.3 is 5.73 Å². The molecule has 2 nitrogen and oxygen atoms in total. The number of nitrogens with zero attached hydrogens (tertiary/aromatic N) is 1. The van der Waals surface area contributed by atoms with Crippen LogP contribution in [-0.2, 0) is 6.18 Å². The summed E-state index contributed by atoms with van der Waals surface area (Å²) in [7, 11) is 0. The van der Waals surface area contributed by atoms with E-state index in [1.165, 1.54) is 23.7 Å². The molecule has 0 spiro atoms. The van der Waals surface area contributed by atoms with Crippen LogP contribution in [0.5, 0.6) is 0 Å². The van der Waals surface area contributed by atoms with E-state index in [0.717, 1.165) is 27.8 Å². The van der Waals surface area contributed by atoms with Gasteiger partial charge in [0.05, 0.1) is 16.0 Å². The lowest BCUT2D eigenvalue weighted by molar-refractivity contribution is -0.137. The normalized spacial score (nSPS) is 11.3. The second kappa shape index (κ2) is 6.63. The number of alkyl halides is 3. The van der Waals surface area contributed by atoms with Gasteiger partial charge in [-0.25, -0.2) is 0 Å². The highest BCUT2D eigenvalue weighted by Gasteiger charge is 2.30. The van der Waals surface area contributed by atoms with Crippen LogP contribution in [0.15, 0.2) is 42.5 Å². The van der Waals surface area contributed by atoms with Crippen molar-refractivity contribution in [3.63, 3.8) is 0 Å². The largest absolute Gasteiger partial charge is 0.416 e. The number of nitrogens with two attached hydrogens (primary N) is 1. The smallest absolute Gasteiger partial charge is 0.330 e. The quantitative estimate of drug-likeness (QED) is 0.684. The van der Waals surface area contributed by atoms with Crippen molar-refractivity contribution in [2.24, 2.45) is 5.73 Å². The Morgan fingerprint density at radius 3 is 2.50 bits per heavy atom. The van der Waals surface area contributed by atoms with Gasteiger partial charge in [0.15, 0.2) is 0 Å². The van der Waals surface area contributed by atoms with Crippen molar-refractivity contribution < 1.29 is 13.2 Å². The van der Waals surface area contributed by atoms with Crippen LogP contribution in [0.25, 0.3) is 21.3 Å². The molecule has 1 aromatic heterocycles. The first-order valence-electron chi connectivity index (χ1n) is 7.25. The number of aromatic nitrogens is 1. The maximum absolute atomic E-state index is 12.7. The fraction of sp³-hybridized carbons (Fsp3) is 0.167. The summed E-state index contributed by atoms with van der Waals surface area (Å²) in [6.07, 6.45) is -3.70. The average Bonchev–Trinajstić information content (AvgIpc) is 2.97. The minimum absolute atomic E-state index is 0.522. The van der Waals surface area contributed by atoms with Crippen molar-refractivity contribution in [2.75, 3.05) is 6.54 Å². The first-order valence-corrected chi connectivity index (χ1v) is 8.02. The Bertz CT molecular complexity index is 915. The molecular formula is C18H13F3N2S. The van der Waals surface area contributed by atoms with E-state index in [1.54, 1.807) is 0 Å². The highest BCUT2D eigenvalue weighted by atomic mass is 32.1. The Labute approximate surface area is 141 Å². The van der Waals surface area contributed by atoms with Crippen LogP contribution in [0.2, 0.25) is 0 Å². The molecule has 0 aliphatic rings. The van der Waals surface area contributed by atoms with Crippen molar-refractivity contribution in [2.45, 2.75) is 12.6 Å². The van der Waals surface area contributed by atoms with Gasteiger partial charge in [0.2, 0.25) is 0 Å². The van der Waals surface area contributed by atoms with Crippen LogP contribution < -0.4 is 5.73 Å². The highest BCUT2D eigenvalue weighted by molar-refractivity contribution is 7.13. The summed E-state index contributed by atoms with van der Waals surface area (Å²) >= 11 is 1.31. The second-order valence-corrected chi connectivity index (χ2v) is 5.96. The third kappa shape index (κ3) is 3.42. The monoisotopic (exact) mass is 346 g/mol. The van der Waals surface area contributed by atoms with E-state index in [2.05, 4.69) is 16.2 Å². The maximum atomic E-state index is 12.7. The fourth-order valence-corrected chi connectivity index (χ4v) is 3.11. The van der Waals surface area contributed by atoms with E-state index in [1.807, 2.05) is 18.2 Å². The molecule has 2 N–H and O–H groups in total. The summed E-state index contributed by atoms with van der Waals surface area (Å²) in [5.74, 6) is 6.01. The van der Waals surface area contributed by atoms with Gasteiger partial charge >= 0.3 is 6.18 Å². The first kappa shape index (κ1) is 16.5. The molecular weight excluding hydrogens is 333 g/mol. The molecule has 122 valence electrons. The molecule has 0 aliphatic carbocycles. The molecule has 3 rings (SSSR count). The van der Waals surface area contributed by atoms with Gasteiger partial charge in [-0.1, -0.05) is 30.0 Å². The van der Waals surface area contributed by atoms with Gasteiger partial charge in [0.1, 0.15) is 0 Å². The van der Waals surface area contributed by atoms with Crippen LogP contribution in [0, 0.1) is 11.8 Å².